The minimum atomic E-state index is 0.807. The zero-order valence-electron chi connectivity index (χ0n) is 14.9. The van der Waals surface area contributed by atoms with Crippen LogP contribution in [0.15, 0.2) is 4.99 Å². The summed E-state index contributed by atoms with van der Waals surface area (Å²) in [6.45, 7) is 14.5. The van der Waals surface area contributed by atoms with Crippen LogP contribution in [0.1, 0.15) is 46.5 Å². The quantitative estimate of drug-likeness (QED) is 0.368. The molecule has 0 amide bonds. The summed E-state index contributed by atoms with van der Waals surface area (Å²) in [6.07, 6.45) is 4.94. The Balaban J connectivity index is 2.11. The highest BCUT2D eigenvalue weighted by Gasteiger charge is 2.08. The van der Waals surface area contributed by atoms with E-state index in [0.29, 0.717) is 0 Å². The zero-order valence-corrected chi connectivity index (χ0v) is 14.9. The maximum absolute atomic E-state index is 5.37. The highest BCUT2D eigenvalue weighted by molar-refractivity contribution is 5.79. The van der Waals surface area contributed by atoms with Crippen LogP contribution >= 0.6 is 0 Å². The number of hydrogen-bond donors (Lipinski definition) is 2. The van der Waals surface area contributed by atoms with E-state index < -0.39 is 0 Å². The predicted molar refractivity (Wildman–Crippen MR) is 94.5 cm³/mol. The normalized spacial score (nSPS) is 17.0. The summed E-state index contributed by atoms with van der Waals surface area (Å²) >= 11 is 0. The summed E-state index contributed by atoms with van der Waals surface area (Å²) in [5.41, 5.74) is 0. The molecule has 0 aromatic rings. The van der Waals surface area contributed by atoms with Crippen LogP contribution in [0.3, 0.4) is 0 Å². The molecule has 0 bridgehead atoms. The molecule has 1 rings (SSSR count). The van der Waals surface area contributed by atoms with Crippen molar-refractivity contribution in [2.45, 2.75) is 46.5 Å². The number of rotatable bonds is 10. The average Bonchev–Trinajstić information content (AvgIpc) is 2.51. The topological polar surface area (TPSA) is 48.9 Å². The number of nitrogens with zero attached hydrogens (tertiary/aromatic N) is 2. The average molecular weight is 313 g/mol. The number of unbranched alkanes of at least 4 members (excludes halogenated alkanes) is 1. The molecule has 2 N–H and O–H groups in total. The standard InChI is InChI=1S/C17H36N4O/c1-4-18-17(19-9-6-5-8-16(2)3)20-10-7-11-21-12-14-22-15-13-21/h16H,4-15H2,1-3H3,(H2,18,19,20). The third-order valence-corrected chi connectivity index (χ3v) is 3.85. The van der Waals surface area contributed by atoms with Crippen molar-refractivity contribution in [2.75, 3.05) is 52.5 Å². The maximum Gasteiger partial charge on any atom is 0.191 e. The molecule has 0 saturated carbocycles. The highest BCUT2D eigenvalue weighted by atomic mass is 16.5. The highest BCUT2D eigenvalue weighted by Crippen LogP contribution is 2.05. The summed E-state index contributed by atoms with van der Waals surface area (Å²) in [7, 11) is 0. The van der Waals surface area contributed by atoms with Gasteiger partial charge in [0.25, 0.3) is 0 Å². The lowest BCUT2D eigenvalue weighted by atomic mass is 10.1. The molecule has 1 aliphatic heterocycles. The molecule has 1 aliphatic rings. The van der Waals surface area contributed by atoms with Gasteiger partial charge in [-0.2, -0.15) is 0 Å². The Labute approximate surface area is 136 Å². The molecule has 0 radical (unpaired) electrons. The van der Waals surface area contributed by atoms with Crippen LogP contribution in [0, 0.1) is 5.92 Å². The van der Waals surface area contributed by atoms with Crippen molar-refractivity contribution in [3.63, 3.8) is 0 Å². The fraction of sp³-hybridized carbons (Fsp3) is 0.941. The maximum atomic E-state index is 5.37. The van der Waals surface area contributed by atoms with Crippen LogP contribution in [0.4, 0.5) is 0 Å². The van der Waals surface area contributed by atoms with Gasteiger partial charge in [-0.1, -0.05) is 26.7 Å². The van der Waals surface area contributed by atoms with E-state index >= 15 is 0 Å². The molecule has 1 heterocycles. The van der Waals surface area contributed by atoms with Crippen molar-refractivity contribution in [2.24, 2.45) is 10.9 Å². The second-order valence-electron chi connectivity index (χ2n) is 6.38. The largest absolute Gasteiger partial charge is 0.379 e. The van der Waals surface area contributed by atoms with Crippen LogP contribution in [-0.4, -0.2) is 63.3 Å². The molecular weight excluding hydrogens is 276 g/mol. The first-order valence-corrected chi connectivity index (χ1v) is 9.04. The van der Waals surface area contributed by atoms with Gasteiger partial charge in [0.15, 0.2) is 5.96 Å². The Kier molecular flexibility index (Phi) is 11.1. The molecule has 0 aromatic carbocycles. The number of guanidine groups is 1. The molecule has 1 saturated heterocycles. The van der Waals surface area contributed by atoms with E-state index in [0.717, 1.165) is 70.8 Å². The van der Waals surface area contributed by atoms with Gasteiger partial charge in [-0.25, -0.2) is 0 Å². The van der Waals surface area contributed by atoms with Gasteiger partial charge in [0, 0.05) is 39.3 Å². The molecule has 5 nitrogen and oxygen atoms in total. The minimum Gasteiger partial charge on any atom is -0.379 e. The Morgan fingerprint density at radius 2 is 1.91 bits per heavy atom. The summed E-state index contributed by atoms with van der Waals surface area (Å²) in [4.78, 5) is 7.13. The molecule has 130 valence electrons. The van der Waals surface area contributed by atoms with Crippen molar-refractivity contribution < 1.29 is 4.74 Å². The predicted octanol–water partition coefficient (Wildman–Crippen LogP) is 2.09. The van der Waals surface area contributed by atoms with Crippen molar-refractivity contribution >= 4 is 5.96 Å². The Bertz CT molecular complexity index is 288. The van der Waals surface area contributed by atoms with Gasteiger partial charge in [0.2, 0.25) is 0 Å². The number of aliphatic imine (C=N–C) groups is 1. The van der Waals surface area contributed by atoms with Gasteiger partial charge >= 0.3 is 0 Å². The van der Waals surface area contributed by atoms with Crippen molar-refractivity contribution in [3.8, 4) is 0 Å². The van der Waals surface area contributed by atoms with Crippen molar-refractivity contribution in [1.29, 1.82) is 0 Å². The second-order valence-corrected chi connectivity index (χ2v) is 6.38. The Morgan fingerprint density at radius 3 is 2.59 bits per heavy atom. The van der Waals surface area contributed by atoms with E-state index in [9.17, 15) is 0 Å². The van der Waals surface area contributed by atoms with Gasteiger partial charge in [-0.05, 0) is 25.7 Å². The monoisotopic (exact) mass is 312 g/mol. The van der Waals surface area contributed by atoms with Crippen LogP contribution in [-0.2, 0) is 4.74 Å². The summed E-state index contributed by atoms with van der Waals surface area (Å²) < 4.78 is 5.37. The van der Waals surface area contributed by atoms with E-state index in [2.05, 4.69) is 41.3 Å². The van der Waals surface area contributed by atoms with E-state index in [1.807, 2.05) is 0 Å². The molecule has 0 atom stereocenters. The Hall–Kier alpha value is -0.810. The van der Waals surface area contributed by atoms with Crippen molar-refractivity contribution in [1.82, 2.24) is 15.5 Å². The van der Waals surface area contributed by atoms with Crippen LogP contribution < -0.4 is 10.6 Å². The third-order valence-electron chi connectivity index (χ3n) is 3.85. The van der Waals surface area contributed by atoms with E-state index in [4.69, 9.17) is 4.74 Å². The SMILES string of the molecule is CCNC(=NCCCN1CCOCC1)NCCCCC(C)C. The summed E-state index contributed by atoms with van der Waals surface area (Å²) in [5.74, 6) is 1.77. The molecule has 0 spiro atoms. The molecule has 1 fully saturated rings. The molecule has 0 aromatic heterocycles. The first-order valence-electron chi connectivity index (χ1n) is 9.04. The number of morpholine rings is 1. The lowest BCUT2D eigenvalue weighted by molar-refractivity contribution is 0.0377. The van der Waals surface area contributed by atoms with Crippen LogP contribution in [0.25, 0.3) is 0 Å². The molecule has 22 heavy (non-hydrogen) atoms. The van der Waals surface area contributed by atoms with Gasteiger partial charge < -0.3 is 15.4 Å². The summed E-state index contributed by atoms with van der Waals surface area (Å²) in [5, 5.41) is 6.76. The van der Waals surface area contributed by atoms with Gasteiger partial charge in [-0.15, -0.1) is 0 Å². The minimum absolute atomic E-state index is 0.807. The van der Waals surface area contributed by atoms with Crippen LogP contribution in [0.2, 0.25) is 0 Å². The van der Waals surface area contributed by atoms with Gasteiger partial charge in [-0.3, -0.25) is 9.89 Å². The fourth-order valence-corrected chi connectivity index (χ4v) is 2.54. The molecule has 0 unspecified atom stereocenters. The van der Waals surface area contributed by atoms with Crippen LogP contribution in [0.5, 0.6) is 0 Å². The first-order chi connectivity index (χ1) is 10.7. The first kappa shape index (κ1) is 19.2. The number of ether oxygens (including phenoxy) is 1. The second kappa shape index (κ2) is 12.7. The fourth-order valence-electron chi connectivity index (χ4n) is 2.54. The number of hydrogen-bond acceptors (Lipinski definition) is 3. The van der Waals surface area contributed by atoms with E-state index in [1.165, 1.54) is 19.3 Å². The molecule has 5 heteroatoms. The lowest BCUT2D eigenvalue weighted by Gasteiger charge is -2.26. The Morgan fingerprint density at radius 1 is 1.14 bits per heavy atom. The molecule has 0 aliphatic carbocycles. The smallest absolute Gasteiger partial charge is 0.191 e. The van der Waals surface area contributed by atoms with E-state index in [-0.39, 0.29) is 0 Å². The van der Waals surface area contributed by atoms with Gasteiger partial charge in [0.05, 0.1) is 13.2 Å². The lowest BCUT2D eigenvalue weighted by Crippen LogP contribution is -2.38. The molecular formula is C17H36N4O. The number of nitrogens with one attached hydrogen (secondary N) is 2. The van der Waals surface area contributed by atoms with Crippen molar-refractivity contribution in [3.05, 3.63) is 0 Å². The zero-order chi connectivity index (χ0) is 16.0. The summed E-state index contributed by atoms with van der Waals surface area (Å²) in [6, 6.07) is 0. The van der Waals surface area contributed by atoms with E-state index in [1.54, 1.807) is 0 Å². The van der Waals surface area contributed by atoms with Gasteiger partial charge in [0.1, 0.15) is 0 Å². The third kappa shape index (κ3) is 10.0.